The van der Waals surface area contributed by atoms with E-state index in [9.17, 15) is 8.63 Å². The van der Waals surface area contributed by atoms with E-state index in [1.54, 1.807) is 19.1 Å². The SMILES string of the molecule is CC1=CC(C)=[N+](B(F)F)/C1=C\c1ccc(CCCC/C=C/CC(N)CO)[nH]1.CO. The maximum absolute atomic E-state index is 13.3. The summed E-state index contributed by atoms with van der Waals surface area (Å²) >= 11 is 0. The van der Waals surface area contributed by atoms with Crippen LogP contribution in [0.25, 0.3) is 6.08 Å². The highest BCUT2D eigenvalue weighted by Crippen LogP contribution is 2.23. The summed E-state index contributed by atoms with van der Waals surface area (Å²) in [7, 11) is -1.54. The molecule has 0 radical (unpaired) electrons. The first kappa shape index (κ1) is 25.0. The number of aliphatic hydroxyl groups is 2. The Bertz CT molecular complexity index is 755. The maximum atomic E-state index is 13.3. The molecule has 0 bridgehead atoms. The van der Waals surface area contributed by atoms with Crippen LogP contribution >= 0.6 is 0 Å². The predicted molar refractivity (Wildman–Crippen MR) is 116 cm³/mol. The molecule has 1 aliphatic rings. The van der Waals surface area contributed by atoms with Crippen LogP contribution in [0, 0.1) is 0 Å². The number of nitrogens with two attached hydrogens (primary N) is 1. The second-order valence-electron chi connectivity index (χ2n) is 6.98. The highest BCUT2D eigenvalue weighted by Gasteiger charge is 2.42. The lowest BCUT2D eigenvalue weighted by Crippen LogP contribution is -2.23. The fourth-order valence-corrected chi connectivity index (χ4v) is 3.16. The van der Waals surface area contributed by atoms with Crippen molar-refractivity contribution in [2.75, 3.05) is 13.7 Å². The van der Waals surface area contributed by atoms with Gasteiger partial charge in [0.25, 0.3) is 0 Å². The smallest absolute Gasteiger partial charge is 0.400 e. The van der Waals surface area contributed by atoms with E-state index in [1.807, 2.05) is 25.1 Å². The number of aryl methyl sites for hydroxylation is 1. The summed E-state index contributed by atoms with van der Waals surface area (Å²) in [6, 6.07) is 3.77. The molecule has 29 heavy (non-hydrogen) atoms. The number of allylic oxidation sites excluding steroid dienone is 3. The predicted octanol–water partition coefficient (Wildman–Crippen LogP) is 3.30. The third kappa shape index (κ3) is 8.08. The number of hydrogen-bond acceptors (Lipinski definition) is 3. The quantitative estimate of drug-likeness (QED) is 0.272. The number of H-pyrrole nitrogens is 1. The summed E-state index contributed by atoms with van der Waals surface area (Å²) in [6.45, 7) is 3.56. The standard InChI is InChI=1S/C20H28BF2N3O.CH4O/c1-15-12-16(2)26(21(22)23)20(15)13-19-11-10-18(25-19)9-7-5-3-4-6-8-17(24)14-27;1-2/h4,6,10-13,17,27H,3,5,7-9,14,24H2,1-2H3;2H,1H3/p+1/b6-4+;. The molecule has 5 N–H and O–H groups in total. The average Bonchev–Trinajstić information content (AvgIpc) is 3.26. The summed E-state index contributed by atoms with van der Waals surface area (Å²) in [4.78, 5) is 3.31. The van der Waals surface area contributed by atoms with Crippen molar-refractivity contribution in [3.8, 4) is 0 Å². The van der Waals surface area contributed by atoms with Gasteiger partial charge >= 0.3 is 7.40 Å². The molecule has 0 aromatic carbocycles. The molecule has 2 rings (SSSR count). The van der Waals surface area contributed by atoms with Crippen LogP contribution in [0.1, 0.15) is 50.9 Å². The molecular formula is C21H33BF2N3O2+. The van der Waals surface area contributed by atoms with Gasteiger partial charge in [0.2, 0.25) is 0 Å². The van der Waals surface area contributed by atoms with E-state index in [0.717, 1.165) is 54.2 Å². The zero-order valence-electron chi connectivity index (χ0n) is 17.5. The van der Waals surface area contributed by atoms with E-state index in [0.29, 0.717) is 17.8 Å². The van der Waals surface area contributed by atoms with E-state index >= 15 is 0 Å². The minimum absolute atomic E-state index is 0.0116. The van der Waals surface area contributed by atoms with Gasteiger partial charge in [-0.15, -0.1) is 0 Å². The lowest BCUT2D eigenvalue weighted by Gasteiger charge is -2.02. The summed E-state index contributed by atoms with van der Waals surface area (Å²) in [5.74, 6) is 0. The molecule has 1 aromatic rings. The second kappa shape index (κ2) is 13.2. The lowest BCUT2D eigenvalue weighted by atomic mass is 10.1. The number of rotatable bonds is 10. The molecule has 0 spiro atoms. The van der Waals surface area contributed by atoms with Gasteiger partial charge in [-0.3, -0.25) is 0 Å². The first-order valence-corrected chi connectivity index (χ1v) is 9.87. The van der Waals surface area contributed by atoms with Gasteiger partial charge in [-0.05, 0) is 51.2 Å². The lowest BCUT2D eigenvalue weighted by molar-refractivity contribution is -0.342. The normalized spacial score (nSPS) is 16.3. The Balaban J connectivity index is 0.00000204. The topological polar surface area (TPSA) is 85.3 Å². The van der Waals surface area contributed by atoms with Crippen molar-refractivity contribution in [2.24, 2.45) is 5.73 Å². The number of nitrogens with one attached hydrogen (secondary N) is 1. The highest BCUT2D eigenvalue weighted by molar-refractivity contribution is 6.35. The van der Waals surface area contributed by atoms with E-state index in [-0.39, 0.29) is 12.6 Å². The van der Waals surface area contributed by atoms with Gasteiger partial charge in [-0.1, -0.05) is 12.2 Å². The van der Waals surface area contributed by atoms with Gasteiger partial charge in [0.1, 0.15) is 0 Å². The van der Waals surface area contributed by atoms with Crippen LogP contribution in [-0.4, -0.2) is 52.6 Å². The highest BCUT2D eigenvalue weighted by atomic mass is 19.2. The number of hydrogen-bond donors (Lipinski definition) is 4. The Morgan fingerprint density at radius 1 is 1.21 bits per heavy atom. The third-order valence-corrected chi connectivity index (χ3v) is 4.63. The van der Waals surface area contributed by atoms with Crippen LogP contribution in [0.3, 0.4) is 0 Å². The van der Waals surface area contributed by atoms with Crippen LogP contribution in [-0.2, 0) is 6.42 Å². The van der Waals surface area contributed by atoms with Gasteiger partial charge in [0.15, 0.2) is 11.4 Å². The summed E-state index contributed by atoms with van der Waals surface area (Å²) < 4.78 is 27.6. The summed E-state index contributed by atoms with van der Waals surface area (Å²) in [6.07, 6.45) is 12.4. The molecule has 1 aromatic heterocycles. The molecule has 0 aliphatic carbocycles. The van der Waals surface area contributed by atoms with Gasteiger partial charge in [-0.2, -0.15) is 0 Å². The Hall–Kier alpha value is -2.03. The van der Waals surface area contributed by atoms with Gasteiger partial charge in [0, 0.05) is 49.2 Å². The molecule has 1 unspecified atom stereocenters. The molecule has 8 heteroatoms. The summed E-state index contributed by atoms with van der Waals surface area (Å²) in [5.41, 5.74) is 9.53. The molecule has 0 saturated carbocycles. The molecule has 1 aliphatic heterocycles. The maximum Gasteiger partial charge on any atom is 0.934 e. The number of aromatic amines is 1. The minimum atomic E-state index is -2.54. The Morgan fingerprint density at radius 2 is 1.93 bits per heavy atom. The van der Waals surface area contributed by atoms with Gasteiger partial charge in [0.05, 0.1) is 6.61 Å². The van der Waals surface area contributed by atoms with E-state index in [1.165, 1.54) is 0 Å². The van der Waals surface area contributed by atoms with Crippen LogP contribution in [0.4, 0.5) is 8.63 Å². The van der Waals surface area contributed by atoms with E-state index < -0.39 is 7.40 Å². The van der Waals surface area contributed by atoms with E-state index in [4.69, 9.17) is 15.9 Å². The monoisotopic (exact) mass is 408 g/mol. The number of aromatic nitrogens is 1. The largest absolute Gasteiger partial charge is 0.934 e. The van der Waals surface area contributed by atoms with Crippen molar-refractivity contribution in [3.05, 3.63) is 53.0 Å². The first-order valence-electron chi connectivity index (χ1n) is 9.87. The Kier molecular flexibility index (Phi) is 11.4. The number of unbranched alkanes of at least 4 members (excludes halogenated alkanes) is 2. The Morgan fingerprint density at radius 3 is 2.59 bits per heavy atom. The minimum Gasteiger partial charge on any atom is -0.400 e. The second-order valence-corrected chi connectivity index (χ2v) is 6.98. The number of nitrogens with zero attached hydrogens (tertiary/aromatic N) is 1. The van der Waals surface area contributed by atoms with Crippen molar-refractivity contribution >= 4 is 19.2 Å². The van der Waals surface area contributed by atoms with Crippen LogP contribution < -0.4 is 5.73 Å². The van der Waals surface area contributed by atoms with Crippen molar-refractivity contribution in [1.29, 1.82) is 0 Å². The molecule has 2 heterocycles. The fraction of sp³-hybridized carbons (Fsp3) is 0.476. The van der Waals surface area contributed by atoms with Gasteiger partial charge in [-0.25, -0.2) is 13.1 Å². The number of aliphatic hydroxyl groups excluding tert-OH is 2. The molecule has 5 nitrogen and oxygen atoms in total. The molecule has 0 fully saturated rings. The Labute approximate surface area is 172 Å². The molecule has 1 atom stereocenters. The van der Waals surface area contributed by atoms with Gasteiger partial charge < -0.3 is 20.9 Å². The van der Waals surface area contributed by atoms with Crippen molar-refractivity contribution in [3.63, 3.8) is 0 Å². The molecule has 0 saturated heterocycles. The summed E-state index contributed by atoms with van der Waals surface area (Å²) in [5, 5.41) is 15.9. The molecule has 0 amide bonds. The first-order chi connectivity index (χ1) is 13.9. The van der Waals surface area contributed by atoms with Crippen molar-refractivity contribution < 1.29 is 23.3 Å². The van der Waals surface area contributed by atoms with Crippen molar-refractivity contribution in [1.82, 2.24) is 4.98 Å². The fourth-order valence-electron chi connectivity index (χ4n) is 3.16. The van der Waals surface area contributed by atoms with Crippen LogP contribution in [0.5, 0.6) is 0 Å². The number of halogens is 2. The third-order valence-electron chi connectivity index (χ3n) is 4.63. The zero-order valence-corrected chi connectivity index (χ0v) is 17.5. The molecular weight excluding hydrogens is 375 g/mol. The zero-order chi connectivity index (χ0) is 21.8. The van der Waals surface area contributed by atoms with Crippen molar-refractivity contribution in [2.45, 2.75) is 52.0 Å². The average molecular weight is 408 g/mol. The molecule has 160 valence electrons. The van der Waals surface area contributed by atoms with Crippen LogP contribution in [0.15, 0.2) is 41.6 Å². The van der Waals surface area contributed by atoms with Crippen LogP contribution in [0.2, 0.25) is 0 Å². The van der Waals surface area contributed by atoms with E-state index in [2.05, 4.69) is 11.1 Å².